The molecule has 5 aromatic rings. The number of carbonyl (C=O) groups excluding carboxylic acids is 2. The molecular formula is C32H20Cl2O2S2. The lowest BCUT2D eigenvalue weighted by Crippen LogP contribution is -1.87. The van der Waals surface area contributed by atoms with Crippen LogP contribution in [-0.4, -0.2) is 10.5 Å². The van der Waals surface area contributed by atoms with E-state index in [1.807, 2.05) is 24.3 Å². The average Bonchev–Trinajstić information content (AvgIpc) is 2.94. The summed E-state index contributed by atoms with van der Waals surface area (Å²) in [6, 6.07) is 40.0. The van der Waals surface area contributed by atoms with Crippen LogP contribution in [0.2, 0.25) is 0 Å². The number of benzene rings is 5. The van der Waals surface area contributed by atoms with E-state index in [9.17, 15) is 9.59 Å². The maximum atomic E-state index is 11.3. The van der Waals surface area contributed by atoms with Crippen LogP contribution in [0, 0.1) is 0 Å². The van der Waals surface area contributed by atoms with Gasteiger partial charge >= 0.3 is 0 Å². The molecule has 5 rings (SSSR count). The highest BCUT2D eigenvalue weighted by atomic mass is 35.5. The van der Waals surface area contributed by atoms with Crippen LogP contribution < -0.4 is 0 Å². The first-order chi connectivity index (χ1) is 18.5. The van der Waals surface area contributed by atoms with Gasteiger partial charge in [-0.25, -0.2) is 0 Å². The smallest absolute Gasteiger partial charge is 0.252 e. The zero-order chi connectivity index (χ0) is 26.5. The lowest BCUT2D eigenvalue weighted by atomic mass is 9.95. The zero-order valence-electron chi connectivity index (χ0n) is 19.9. The Hall–Kier alpha value is -3.28. The molecule has 6 heteroatoms. The van der Waals surface area contributed by atoms with E-state index >= 15 is 0 Å². The number of carbonyl (C=O) groups is 2. The molecule has 0 radical (unpaired) electrons. The van der Waals surface area contributed by atoms with Gasteiger partial charge < -0.3 is 0 Å². The van der Waals surface area contributed by atoms with Crippen LogP contribution in [0.1, 0.15) is 20.7 Å². The Bertz CT molecular complexity index is 1460. The fourth-order valence-electron chi connectivity index (χ4n) is 3.97. The second-order valence-electron chi connectivity index (χ2n) is 8.39. The first kappa shape index (κ1) is 26.3. The molecular weight excluding hydrogens is 551 g/mol. The summed E-state index contributed by atoms with van der Waals surface area (Å²) in [5.41, 5.74) is 5.59. The van der Waals surface area contributed by atoms with E-state index in [-0.39, 0.29) is 0 Å². The Morgan fingerprint density at radius 3 is 1.00 bits per heavy atom. The van der Waals surface area contributed by atoms with Gasteiger partial charge in [0.15, 0.2) is 0 Å². The second-order valence-corrected chi connectivity index (χ2v) is 11.4. The van der Waals surface area contributed by atoms with Gasteiger partial charge in [0.2, 0.25) is 0 Å². The molecule has 0 amide bonds. The number of hydrogen-bond donors (Lipinski definition) is 0. The van der Waals surface area contributed by atoms with Gasteiger partial charge in [0, 0.05) is 30.7 Å². The lowest BCUT2D eigenvalue weighted by Gasteiger charge is -2.12. The molecule has 0 saturated carbocycles. The van der Waals surface area contributed by atoms with E-state index in [0.29, 0.717) is 11.1 Å². The molecule has 0 unspecified atom stereocenters. The molecule has 0 bridgehead atoms. The topological polar surface area (TPSA) is 34.1 Å². The molecule has 38 heavy (non-hydrogen) atoms. The van der Waals surface area contributed by atoms with Crippen molar-refractivity contribution in [1.29, 1.82) is 0 Å². The van der Waals surface area contributed by atoms with Crippen molar-refractivity contribution in [2.24, 2.45) is 0 Å². The molecule has 2 nitrogen and oxygen atoms in total. The van der Waals surface area contributed by atoms with Crippen molar-refractivity contribution in [2.45, 2.75) is 19.6 Å². The SMILES string of the molecule is O=C(Cl)c1ccc(Sc2ccc(-c3ccccc3-c3ccc(Sc4ccc(C(=O)Cl)cc4)cc3)cc2)cc1. The standard InChI is InChI=1S/C32H20Cl2O2S2/c33-31(35)23-9-17-27(18-10-23)37-25-13-5-21(6-14-25)29-3-1-2-4-30(29)22-7-15-26(16-8-22)38-28-19-11-24(12-20-28)32(34)36/h1-20H. The molecule has 0 atom stereocenters. The molecule has 186 valence electrons. The summed E-state index contributed by atoms with van der Waals surface area (Å²) in [6.45, 7) is 0. The average molecular weight is 572 g/mol. The van der Waals surface area contributed by atoms with Crippen LogP contribution in [0.5, 0.6) is 0 Å². The van der Waals surface area contributed by atoms with Gasteiger partial charge in [-0.15, -0.1) is 0 Å². The minimum atomic E-state index is -0.450. The third-order valence-corrected chi connectivity index (χ3v) is 8.36. The molecule has 0 aliphatic rings. The first-order valence-electron chi connectivity index (χ1n) is 11.7. The highest BCUT2D eigenvalue weighted by Gasteiger charge is 2.09. The summed E-state index contributed by atoms with van der Waals surface area (Å²) in [7, 11) is 0. The van der Waals surface area contributed by atoms with E-state index in [2.05, 4.69) is 72.8 Å². The van der Waals surface area contributed by atoms with Crippen molar-refractivity contribution < 1.29 is 9.59 Å². The summed E-state index contributed by atoms with van der Waals surface area (Å²) in [6.07, 6.45) is 0. The summed E-state index contributed by atoms with van der Waals surface area (Å²) in [4.78, 5) is 26.9. The van der Waals surface area contributed by atoms with Crippen LogP contribution >= 0.6 is 46.7 Å². The highest BCUT2D eigenvalue weighted by Crippen LogP contribution is 2.36. The third-order valence-electron chi connectivity index (χ3n) is 5.89. The maximum absolute atomic E-state index is 11.3. The maximum Gasteiger partial charge on any atom is 0.252 e. The Balaban J connectivity index is 1.32. The predicted octanol–water partition coefficient (Wildman–Crippen LogP) is 10.1. The first-order valence-corrected chi connectivity index (χ1v) is 14.1. The Morgan fingerprint density at radius 2 is 0.711 bits per heavy atom. The molecule has 0 aliphatic heterocycles. The van der Waals surface area contributed by atoms with E-state index in [1.54, 1.807) is 47.8 Å². The van der Waals surface area contributed by atoms with Crippen LogP contribution in [0.15, 0.2) is 141 Å². The molecule has 0 fully saturated rings. The van der Waals surface area contributed by atoms with Crippen molar-refractivity contribution in [3.8, 4) is 22.3 Å². The fourth-order valence-corrected chi connectivity index (χ4v) is 5.86. The summed E-state index contributed by atoms with van der Waals surface area (Å²) < 4.78 is 0. The van der Waals surface area contributed by atoms with E-state index < -0.39 is 10.5 Å². The summed E-state index contributed by atoms with van der Waals surface area (Å²) in [5.74, 6) is 0. The second kappa shape index (κ2) is 12.1. The van der Waals surface area contributed by atoms with Gasteiger partial charge in [-0.2, -0.15) is 0 Å². The molecule has 0 saturated heterocycles. The van der Waals surface area contributed by atoms with Gasteiger partial charge in [0.05, 0.1) is 0 Å². The third kappa shape index (κ3) is 6.40. The van der Waals surface area contributed by atoms with E-state index in [4.69, 9.17) is 23.2 Å². The molecule has 0 heterocycles. The molecule has 0 aromatic heterocycles. The van der Waals surface area contributed by atoms with Crippen LogP contribution in [-0.2, 0) is 0 Å². The fraction of sp³-hybridized carbons (Fsp3) is 0. The van der Waals surface area contributed by atoms with Crippen LogP contribution in [0.3, 0.4) is 0 Å². The molecule has 5 aromatic carbocycles. The van der Waals surface area contributed by atoms with Crippen molar-refractivity contribution in [3.63, 3.8) is 0 Å². The molecule has 0 N–H and O–H groups in total. The minimum Gasteiger partial charge on any atom is -0.276 e. The summed E-state index contributed by atoms with van der Waals surface area (Å²) >= 11 is 14.4. The van der Waals surface area contributed by atoms with Crippen LogP contribution in [0.25, 0.3) is 22.3 Å². The molecule has 0 spiro atoms. The minimum absolute atomic E-state index is 0.450. The molecule has 0 aliphatic carbocycles. The quantitative estimate of drug-likeness (QED) is 0.174. The van der Waals surface area contributed by atoms with Gasteiger partial charge in [-0.05, 0) is 118 Å². The number of halogens is 2. The Labute approximate surface area is 240 Å². The van der Waals surface area contributed by atoms with Crippen molar-refractivity contribution in [3.05, 3.63) is 132 Å². The van der Waals surface area contributed by atoms with E-state index in [0.717, 1.165) is 41.8 Å². The van der Waals surface area contributed by atoms with Gasteiger partial charge in [0.1, 0.15) is 0 Å². The predicted molar refractivity (Wildman–Crippen MR) is 159 cm³/mol. The van der Waals surface area contributed by atoms with Crippen molar-refractivity contribution >= 4 is 57.2 Å². The normalized spacial score (nSPS) is 10.8. The number of hydrogen-bond acceptors (Lipinski definition) is 4. The van der Waals surface area contributed by atoms with Crippen molar-refractivity contribution in [1.82, 2.24) is 0 Å². The lowest BCUT2D eigenvalue weighted by molar-refractivity contribution is 0.107. The van der Waals surface area contributed by atoms with Gasteiger partial charge in [-0.3, -0.25) is 9.59 Å². The Morgan fingerprint density at radius 1 is 0.421 bits per heavy atom. The van der Waals surface area contributed by atoms with Crippen LogP contribution in [0.4, 0.5) is 0 Å². The van der Waals surface area contributed by atoms with Crippen molar-refractivity contribution in [2.75, 3.05) is 0 Å². The van der Waals surface area contributed by atoms with E-state index in [1.165, 1.54) is 0 Å². The summed E-state index contributed by atoms with van der Waals surface area (Å²) in [5, 5.41) is -0.900. The number of rotatable bonds is 8. The monoisotopic (exact) mass is 570 g/mol. The van der Waals surface area contributed by atoms with Gasteiger partial charge in [0.25, 0.3) is 10.5 Å². The highest BCUT2D eigenvalue weighted by molar-refractivity contribution is 7.99. The zero-order valence-corrected chi connectivity index (χ0v) is 23.1. The Kier molecular flexibility index (Phi) is 8.35. The van der Waals surface area contributed by atoms with Gasteiger partial charge in [-0.1, -0.05) is 72.1 Å². The largest absolute Gasteiger partial charge is 0.276 e.